The van der Waals surface area contributed by atoms with Crippen LogP contribution in [0.5, 0.6) is 0 Å². The number of carboxylic acid groups (broad SMARTS) is 1. The van der Waals surface area contributed by atoms with Crippen LogP contribution < -0.4 is 5.32 Å². The van der Waals surface area contributed by atoms with Gasteiger partial charge in [0.2, 0.25) is 5.91 Å². The molecule has 0 aromatic rings. The maximum atomic E-state index is 9.79. The highest BCUT2D eigenvalue weighted by molar-refractivity contribution is 5.81. The maximum absolute atomic E-state index is 9.79. The monoisotopic (exact) mass is 147 g/mol. The van der Waals surface area contributed by atoms with E-state index in [1.165, 1.54) is 0 Å². The van der Waals surface area contributed by atoms with Gasteiger partial charge in [-0.25, -0.2) is 0 Å². The molecule has 0 unspecified atom stereocenters. The molecule has 1 fully saturated rings. The summed E-state index contributed by atoms with van der Waals surface area (Å²) < 4.78 is 0. The highest BCUT2D eigenvalue weighted by Crippen LogP contribution is 1.85. The molecule has 0 atom stereocenters. The quantitative estimate of drug-likeness (QED) is 0.341. The van der Waals surface area contributed by atoms with Crippen LogP contribution >= 0.6 is 0 Å². The predicted octanol–water partition coefficient (Wildman–Crippen LogP) is -0.978. The van der Waals surface area contributed by atoms with E-state index in [0.717, 1.165) is 13.0 Å². The molecule has 0 aliphatic carbocycles. The van der Waals surface area contributed by atoms with Gasteiger partial charge < -0.3 is 15.2 Å². The van der Waals surface area contributed by atoms with Crippen molar-refractivity contribution in [2.24, 2.45) is 0 Å². The molecule has 2 N–H and O–H groups in total. The molecular formula is C5H9NO4. The highest BCUT2D eigenvalue weighted by atomic mass is 16.3. The van der Waals surface area contributed by atoms with Crippen LogP contribution in [0.4, 0.5) is 0 Å². The van der Waals surface area contributed by atoms with Crippen LogP contribution in [0.25, 0.3) is 0 Å². The van der Waals surface area contributed by atoms with E-state index in [-0.39, 0.29) is 12.4 Å². The molecule has 0 aromatic carbocycles. The fourth-order valence-electron chi connectivity index (χ4n) is 0.227. The minimum Gasteiger partial charge on any atom is -0.483 e. The minimum atomic E-state index is -0.250. The molecule has 1 amide bonds. The largest absolute Gasteiger partial charge is 0.483 e. The molecule has 1 aliphatic rings. The van der Waals surface area contributed by atoms with E-state index in [2.05, 4.69) is 5.32 Å². The topological polar surface area (TPSA) is 83.5 Å². The number of carbonyl (C=O) groups excluding carboxylic acids is 2. The van der Waals surface area contributed by atoms with Gasteiger partial charge in [-0.2, -0.15) is 0 Å². The lowest BCUT2D eigenvalue weighted by atomic mass is 10.3. The van der Waals surface area contributed by atoms with Crippen molar-refractivity contribution >= 4 is 19.2 Å². The van der Waals surface area contributed by atoms with Crippen LogP contribution in [0, 0.1) is 0 Å². The molecule has 10 heavy (non-hydrogen) atoms. The number of β-lactam (4-membered cyclic amide) rings is 1. The molecule has 5 nitrogen and oxygen atoms in total. The summed E-state index contributed by atoms with van der Waals surface area (Å²) in [6.07, 6.45) is 0.736. The molecule has 0 spiro atoms. The van der Waals surface area contributed by atoms with Gasteiger partial charge in [-0.3, -0.25) is 9.59 Å². The molecule has 1 aliphatic heterocycles. The molecule has 1 heterocycles. The predicted molar refractivity (Wildman–Crippen MR) is 33.4 cm³/mol. The van der Waals surface area contributed by atoms with Crippen LogP contribution in [0.3, 0.4) is 0 Å². The van der Waals surface area contributed by atoms with Crippen molar-refractivity contribution in [1.82, 2.24) is 5.32 Å². The first-order valence-electron chi connectivity index (χ1n) is 2.44. The Balaban J connectivity index is 0. The summed E-state index contributed by atoms with van der Waals surface area (Å²) in [5.74, 6) is 0.185. The van der Waals surface area contributed by atoms with Crippen molar-refractivity contribution in [3.63, 3.8) is 0 Å². The zero-order valence-electron chi connectivity index (χ0n) is 5.37. The lowest BCUT2D eigenvalue weighted by Crippen LogP contribution is -2.37. The summed E-state index contributed by atoms with van der Waals surface area (Å²) in [4.78, 5) is 26.1. The molecule has 58 valence electrons. The third-order valence-corrected chi connectivity index (χ3v) is 0.674. The Kier molecular flexibility index (Phi) is 12.1. The maximum Gasteiger partial charge on any atom is 0.290 e. The van der Waals surface area contributed by atoms with Crippen molar-refractivity contribution in [3.05, 3.63) is 0 Å². The van der Waals surface area contributed by atoms with E-state index in [4.69, 9.17) is 14.7 Å². The first kappa shape index (κ1) is 11.4. The van der Waals surface area contributed by atoms with Gasteiger partial charge in [0, 0.05) is 13.0 Å². The second kappa shape index (κ2) is 10.6. The second-order valence-electron chi connectivity index (χ2n) is 1.21. The Morgan fingerprint density at radius 1 is 1.60 bits per heavy atom. The van der Waals surface area contributed by atoms with E-state index < -0.39 is 0 Å². The van der Waals surface area contributed by atoms with Crippen molar-refractivity contribution in [1.29, 1.82) is 0 Å². The number of hydrogen-bond donors (Lipinski definition) is 2. The SMILES string of the molecule is C=O.O=C1CCN1.O=CO. The van der Waals surface area contributed by atoms with Crippen LogP contribution in [-0.4, -0.2) is 30.8 Å². The zero-order valence-corrected chi connectivity index (χ0v) is 5.37. The molecule has 5 heteroatoms. The minimum absolute atomic E-state index is 0.185. The number of carbonyl (C=O) groups is 3. The van der Waals surface area contributed by atoms with Crippen molar-refractivity contribution < 1.29 is 19.5 Å². The van der Waals surface area contributed by atoms with Gasteiger partial charge in [-0.05, 0) is 0 Å². The van der Waals surface area contributed by atoms with E-state index in [1.54, 1.807) is 0 Å². The van der Waals surface area contributed by atoms with E-state index in [0.29, 0.717) is 0 Å². The van der Waals surface area contributed by atoms with Crippen LogP contribution in [-0.2, 0) is 14.4 Å². The third-order valence-electron chi connectivity index (χ3n) is 0.674. The molecular weight excluding hydrogens is 138 g/mol. The zero-order chi connectivity index (χ0) is 8.41. The van der Waals surface area contributed by atoms with Crippen molar-refractivity contribution in [3.8, 4) is 0 Å². The number of amides is 1. The Hall–Kier alpha value is -1.39. The van der Waals surface area contributed by atoms with Gasteiger partial charge >= 0.3 is 0 Å². The average Bonchev–Trinajstić information content (AvgIpc) is 1.90. The average molecular weight is 147 g/mol. The molecule has 0 aromatic heterocycles. The second-order valence-corrected chi connectivity index (χ2v) is 1.21. The van der Waals surface area contributed by atoms with E-state index in [9.17, 15) is 4.79 Å². The summed E-state index contributed by atoms with van der Waals surface area (Å²) >= 11 is 0. The van der Waals surface area contributed by atoms with E-state index in [1.807, 2.05) is 6.79 Å². The Morgan fingerprint density at radius 2 is 1.80 bits per heavy atom. The van der Waals surface area contributed by atoms with Gasteiger partial charge in [0.1, 0.15) is 6.79 Å². The standard InChI is InChI=1S/C3H5NO.CH2O2.CH2O/c5-3-1-2-4-3;2-1-3;1-2/h1-2H2,(H,4,5);1H,(H,2,3);1H2. The number of rotatable bonds is 0. The summed E-state index contributed by atoms with van der Waals surface area (Å²) in [6.45, 7) is 2.64. The van der Waals surface area contributed by atoms with Crippen LogP contribution in [0.2, 0.25) is 0 Å². The molecule has 1 rings (SSSR count). The van der Waals surface area contributed by atoms with Crippen LogP contribution in [0.15, 0.2) is 0 Å². The third kappa shape index (κ3) is 9.79. The lowest BCUT2D eigenvalue weighted by Gasteiger charge is -2.10. The first-order valence-corrected chi connectivity index (χ1v) is 2.44. The Labute approximate surface area is 58.0 Å². The van der Waals surface area contributed by atoms with Gasteiger partial charge in [-0.15, -0.1) is 0 Å². The highest BCUT2D eigenvalue weighted by Gasteiger charge is 2.07. The molecule has 0 bridgehead atoms. The van der Waals surface area contributed by atoms with Gasteiger partial charge in [0.25, 0.3) is 6.47 Å². The van der Waals surface area contributed by atoms with E-state index >= 15 is 0 Å². The smallest absolute Gasteiger partial charge is 0.290 e. The fraction of sp³-hybridized carbons (Fsp3) is 0.400. The Morgan fingerprint density at radius 3 is 1.80 bits per heavy atom. The van der Waals surface area contributed by atoms with Crippen molar-refractivity contribution in [2.75, 3.05) is 6.54 Å². The normalized spacial score (nSPS) is 11.8. The summed E-state index contributed by atoms with van der Waals surface area (Å²) in [5.41, 5.74) is 0. The number of hydrogen-bond acceptors (Lipinski definition) is 3. The Bertz CT molecular complexity index is 97.8. The fourth-order valence-corrected chi connectivity index (χ4v) is 0.227. The summed E-state index contributed by atoms with van der Waals surface area (Å²) in [7, 11) is 0. The molecule has 0 radical (unpaired) electrons. The van der Waals surface area contributed by atoms with Crippen LogP contribution in [0.1, 0.15) is 6.42 Å². The summed E-state index contributed by atoms with van der Waals surface area (Å²) in [6, 6.07) is 0. The summed E-state index contributed by atoms with van der Waals surface area (Å²) in [5, 5.41) is 9.46. The van der Waals surface area contributed by atoms with Crippen molar-refractivity contribution in [2.45, 2.75) is 6.42 Å². The lowest BCUT2D eigenvalue weighted by molar-refractivity contribution is -0.125. The molecule has 1 saturated heterocycles. The number of nitrogens with one attached hydrogen (secondary N) is 1. The van der Waals surface area contributed by atoms with Gasteiger partial charge in [-0.1, -0.05) is 0 Å². The first-order chi connectivity index (χ1) is 4.81. The van der Waals surface area contributed by atoms with Gasteiger partial charge in [0.05, 0.1) is 0 Å². The van der Waals surface area contributed by atoms with Gasteiger partial charge in [0.15, 0.2) is 0 Å². The molecule has 0 saturated carbocycles.